The molecule has 1 aliphatic heterocycles. The van der Waals surface area contributed by atoms with E-state index >= 15 is 0 Å². The molecule has 6 nitrogen and oxygen atoms in total. The van der Waals surface area contributed by atoms with Crippen molar-refractivity contribution in [3.8, 4) is 5.75 Å². The van der Waals surface area contributed by atoms with Crippen LogP contribution in [0.15, 0.2) is 71.8 Å². The van der Waals surface area contributed by atoms with Gasteiger partial charge in [-0.05, 0) is 84.7 Å². The highest BCUT2D eigenvalue weighted by atomic mass is 35.5. The fourth-order valence-corrected chi connectivity index (χ4v) is 5.28. The molecule has 224 valence electrons. The molecule has 1 N–H and O–H groups in total. The Morgan fingerprint density at radius 3 is 2.00 bits per heavy atom. The number of rotatable bonds is 8. The SMILES string of the molecule is O=C1/C(=C/c2ccc(Cl)c(F)c2)CC(NC(=O)c2ccc(OCCN3CCOCC3)cc2)C/C1=C\c1ccc(Cl)c(F)c1. The monoisotopic (exact) mass is 626 g/mol. The number of halogens is 4. The number of nitrogens with zero attached hydrogens (tertiary/aromatic N) is 1. The van der Waals surface area contributed by atoms with Crippen LogP contribution in [0, 0.1) is 11.6 Å². The summed E-state index contributed by atoms with van der Waals surface area (Å²) in [5.74, 6) is -1.13. The standard InChI is InChI=1S/C33H30Cl2F2N2O4/c34-28-7-1-21(17-30(28)36)15-24-19-26(20-25(32(24)40)16-22-2-8-29(35)31(37)18-22)38-33(41)23-3-5-27(6-4-23)43-14-11-39-9-12-42-13-10-39/h1-8,15-18,26H,9-14,19-20H2,(H,38,41)/b24-15+,25-16+. The van der Waals surface area contributed by atoms with Gasteiger partial charge in [-0.3, -0.25) is 14.5 Å². The van der Waals surface area contributed by atoms with Crippen molar-refractivity contribution in [3.63, 3.8) is 0 Å². The van der Waals surface area contributed by atoms with Crippen LogP contribution >= 0.6 is 23.2 Å². The second-order valence-corrected chi connectivity index (χ2v) is 11.2. The van der Waals surface area contributed by atoms with Gasteiger partial charge in [0.1, 0.15) is 24.0 Å². The van der Waals surface area contributed by atoms with Gasteiger partial charge in [0.2, 0.25) is 0 Å². The number of hydrogen-bond acceptors (Lipinski definition) is 5. The first-order valence-electron chi connectivity index (χ1n) is 13.9. The van der Waals surface area contributed by atoms with Crippen molar-refractivity contribution in [1.82, 2.24) is 10.2 Å². The van der Waals surface area contributed by atoms with Crippen molar-refractivity contribution in [2.75, 3.05) is 39.5 Å². The van der Waals surface area contributed by atoms with E-state index in [9.17, 15) is 18.4 Å². The van der Waals surface area contributed by atoms with E-state index in [1.54, 1.807) is 48.6 Å². The van der Waals surface area contributed by atoms with Crippen LogP contribution in [0.2, 0.25) is 10.0 Å². The molecule has 1 saturated heterocycles. The Morgan fingerprint density at radius 1 is 0.907 bits per heavy atom. The third kappa shape index (κ3) is 8.30. The number of benzene rings is 3. The summed E-state index contributed by atoms with van der Waals surface area (Å²) in [4.78, 5) is 28.9. The molecular weight excluding hydrogens is 597 g/mol. The van der Waals surface area contributed by atoms with E-state index in [4.69, 9.17) is 32.7 Å². The summed E-state index contributed by atoms with van der Waals surface area (Å²) < 4.78 is 39.4. The molecule has 1 aliphatic carbocycles. The number of carbonyl (C=O) groups excluding carboxylic acids is 2. The normalized spacial score (nSPS) is 19.5. The van der Waals surface area contributed by atoms with Crippen LogP contribution < -0.4 is 10.1 Å². The Bertz CT molecular complexity index is 1480. The number of hydrogen-bond donors (Lipinski definition) is 1. The van der Waals surface area contributed by atoms with Gasteiger partial charge in [-0.15, -0.1) is 0 Å². The molecule has 0 unspecified atom stereocenters. The minimum absolute atomic E-state index is 0.0267. The number of ether oxygens (including phenoxy) is 2. The van der Waals surface area contributed by atoms with Gasteiger partial charge >= 0.3 is 0 Å². The number of Topliss-reactive ketones (excluding diaryl/α,β-unsaturated/α-hetero) is 1. The largest absolute Gasteiger partial charge is 0.492 e. The summed E-state index contributed by atoms with van der Waals surface area (Å²) in [6, 6.07) is 15.0. The Morgan fingerprint density at radius 2 is 1.47 bits per heavy atom. The van der Waals surface area contributed by atoms with E-state index in [-0.39, 0.29) is 34.6 Å². The summed E-state index contributed by atoms with van der Waals surface area (Å²) >= 11 is 11.6. The molecule has 0 spiro atoms. The molecule has 1 saturated carbocycles. The molecule has 0 radical (unpaired) electrons. The molecule has 1 heterocycles. The predicted octanol–water partition coefficient (Wildman–Crippen LogP) is 6.61. The maximum atomic E-state index is 14.1. The van der Waals surface area contributed by atoms with Crippen LogP contribution in [0.4, 0.5) is 8.78 Å². The fourth-order valence-electron chi connectivity index (χ4n) is 5.04. The van der Waals surface area contributed by atoms with Crippen molar-refractivity contribution in [3.05, 3.63) is 110 Å². The highest BCUT2D eigenvalue weighted by Crippen LogP contribution is 2.30. The van der Waals surface area contributed by atoms with Crippen LogP contribution in [0.3, 0.4) is 0 Å². The van der Waals surface area contributed by atoms with Gasteiger partial charge in [0, 0.05) is 42.4 Å². The van der Waals surface area contributed by atoms with Crippen LogP contribution in [0.1, 0.15) is 34.3 Å². The lowest BCUT2D eigenvalue weighted by Crippen LogP contribution is -2.39. The van der Waals surface area contributed by atoms with Crippen LogP contribution in [0.5, 0.6) is 5.75 Å². The fraction of sp³-hybridized carbons (Fsp3) is 0.273. The van der Waals surface area contributed by atoms with E-state index in [2.05, 4.69) is 10.2 Å². The second-order valence-electron chi connectivity index (χ2n) is 10.4. The van der Waals surface area contributed by atoms with Gasteiger partial charge in [-0.25, -0.2) is 8.78 Å². The highest BCUT2D eigenvalue weighted by molar-refractivity contribution is 6.31. The van der Waals surface area contributed by atoms with Gasteiger partial charge in [0.15, 0.2) is 5.78 Å². The van der Waals surface area contributed by atoms with Crippen LogP contribution in [-0.4, -0.2) is 62.1 Å². The molecule has 1 amide bonds. The molecular formula is C33H30Cl2F2N2O4. The molecule has 5 rings (SSSR count). The predicted molar refractivity (Wildman–Crippen MR) is 163 cm³/mol. The van der Waals surface area contributed by atoms with Crippen molar-refractivity contribution in [2.24, 2.45) is 0 Å². The average molecular weight is 628 g/mol. The van der Waals surface area contributed by atoms with Gasteiger partial charge in [-0.2, -0.15) is 0 Å². The quantitative estimate of drug-likeness (QED) is 0.285. The number of morpholine rings is 1. The average Bonchev–Trinajstić information content (AvgIpc) is 3.00. The Kier molecular flexibility index (Phi) is 10.3. The van der Waals surface area contributed by atoms with Gasteiger partial charge < -0.3 is 14.8 Å². The minimum atomic E-state index is -0.606. The number of amides is 1. The van der Waals surface area contributed by atoms with Gasteiger partial charge in [-0.1, -0.05) is 35.3 Å². The molecule has 3 aromatic carbocycles. The molecule has 3 aromatic rings. The van der Waals surface area contributed by atoms with Gasteiger partial charge in [0.25, 0.3) is 5.91 Å². The Balaban J connectivity index is 1.30. The summed E-state index contributed by atoms with van der Waals surface area (Å²) in [5.41, 5.74) is 2.11. The van der Waals surface area contributed by atoms with Crippen molar-refractivity contribution >= 4 is 47.0 Å². The topological polar surface area (TPSA) is 67.9 Å². The van der Waals surface area contributed by atoms with E-state index in [0.717, 1.165) is 32.8 Å². The molecule has 0 atom stereocenters. The zero-order chi connectivity index (χ0) is 30.3. The lowest BCUT2D eigenvalue weighted by atomic mass is 9.83. The molecule has 0 bridgehead atoms. The third-order valence-corrected chi connectivity index (χ3v) is 7.93. The van der Waals surface area contributed by atoms with E-state index in [1.807, 2.05) is 0 Å². The van der Waals surface area contributed by atoms with Crippen molar-refractivity contribution in [2.45, 2.75) is 18.9 Å². The Hall–Kier alpha value is -3.56. The lowest BCUT2D eigenvalue weighted by molar-refractivity contribution is -0.113. The lowest BCUT2D eigenvalue weighted by Gasteiger charge is -2.27. The first-order valence-corrected chi connectivity index (χ1v) is 14.7. The molecule has 43 heavy (non-hydrogen) atoms. The third-order valence-electron chi connectivity index (χ3n) is 7.32. The number of ketones is 1. The summed E-state index contributed by atoms with van der Waals surface area (Å²) in [7, 11) is 0. The first kappa shape index (κ1) is 30.9. The summed E-state index contributed by atoms with van der Waals surface area (Å²) in [6.07, 6.45) is 3.62. The van der Waals surface area contributed by atoms with E-state index in [1.165, 1.54) is 24.3 Å². The first-order chi connectivity index (χ1) is 20.7. The van der Waals surface area contributed by atoms with E-state index in [0.29, 0.717) is 40.2 Å². The van der Waals surface area contributed by atoms with Crippen LogP contribution in [-0.2, 0) is 9.53 Å². The van der Waals surface area contributed by atoms with Crippen molar-refractivity contribution < 1.29 is 27.8 Å². The summed E-state index contributed by atoms with van der Waals surface area (Å²) in [6.45, 7) is 4.55. The Labute approximate surface area is 258 Å². The van der Waals surface area contributed by atoms with Crippen LogP contribution in [0.25, 0.3) is 12.2 Å². The molecule has 2 fully saturated rings. The maximum Gasteiger partial charge on any atom is 0.251 e. The number of nitrogens with one attached hydrogen (secondary N) is 1. The second kappa shape index (κ2) is 14.3. The maximum absolute atomic E-state index is 14.1. The summed E-state index contributed by atoms with van der Waals surface area (Å²) in [5, 5.41) is 2.96. The molecule has 10 heteroatoms. The zero-order valence-corrected chi connectivity index (χ0v) is 24.8. The minimum Gasteiger partial charge on any atom is -0.492 e. The van der Waals surface area contributed by atoms with E-state index < -0.39 is 17.7 Å². The smallest absolute Gasteiger partial charge is 0.251 e. The van der Waals surface area contributed by atoms with Crippen molar-refractivity contribution in [1.29, 1.82) is 0 Å². The number of carbonyl (C=O) groups is 2. The zero-order valence-electron chi connectivity index (χ0n) is 23.3. The molecule has 2 aliphatic rings. The molecule has 0 aromatic heterocycles. The van der Waals surface area contributed by atoms with Gasteiger partial charge in [0.05, 0.1) is 23.3 Å². The highest BCUT2D eigenvalue weighted by Gasteiger charge is 2.29.